The Morgan fingerprint density at radius 1 is 1.09 bits per heavy atom. The van der Waals surface area contributed by atoms with Crippen molar-refractivity contribution in [2.24, 2.45) is 10.9 Å². The van der Waals surface area contributed by atoms with Crippen molar-refractivity contribution in [1.82, 2.24) is 14.7 Å². The van der Waals surface area contributed by atoms with E-state index in [9.17, 15) is 9.59 Å². The number of nitrogens with zero attached hydrogens (tertiary/aromatic N) is 6. The van der Waals surface area contributed by atoms with E-state index in [-0.39, 0.29) is 11.9 Å². The van der Waals surface area contributed by atoms with Crippen molar-refractivity contribution in [2.45, 2.75) is 39.2 Å². The molecule has 0 aromatic heterocycles. The highest BCUT2D eigenvalue weighted by atomic mass is 16.5. The van der Waals surface area contributed by atoms with Crippen LogP contribution >= 0.6 is 0 Å². The monoisotopic (exact) mass is 467 g/mol. The van der Waals surface area contributed by atoms with Gasteiger partial charge in [0.1, 0.15) is 11.4 Å². The van der Waals surface area contributed by atoms with Crippen molar-refractivity contribution in [1.29, 1.82) is 0 Å². The summed E-state index contributed by atoms with van der Waals surface area (Å²) >= 11 is 0. The van der Waals surface area contributed by atoms with Crippen LogP contribution < -0.4 is 9.64 Å². The summed E-state index contributed by atoms with van der Waals surface area (Å²) < 4.78 is 7.67. The lowest BCUT2D eigenvalue weighted by Gasteiger charge is -2.36. The minimum atomic E-state index is -0.549. The third-order valence-corrected chi connectivity index (χ3v) is 7.18. The number of hydrogen-bond acceptors (Lipinski definition) is 6. The molecule has 9 nitrogen and oxygen atoms in total. The van der Waals surface area contributed by atoms with Crippen LogP contribution in [0.5, 0.6) is 5.75 Å². The quantitative estimate of drug-likeness (QED) is 0.599. The van der Waals surface area contributed by atoms with Crippen LogP contribution in [0.4, 0.5) is 10.5 Å². The molecule has 182 valence electrons. The Hall–Kier alpha value is -2.94. The third kappa shape index (κ3) is 4.06. The number of amides is 3. The van der Waals surface area contributed by atoms with Gasteiger partial charge in [0.05, 0.1) is 19.7 Å². The van der Waals surface area contributed by atoms with E-state index < -0.39 is 6.04 Å². The molecule has 5 rings (SSSR count). The first-order valence-corrected chi connectivity index (χ1v) is 12.5. The molecule has 1 aromatic rings. The summed E-state index contributed by atoms with van der Waals surface area (Å²) in [6, 6.07) is 7.14. The minimum absolute atomic E-state index is 0.158. The maximum Gasteiger partial charge on any atom is 0.397 e. The zero-order chi connectivity index (χ0) is 23.8. The predicted octanol–water partition coefficient (Wildman–Crippen LogP) is 2.07. The van der Waals surface area contributed by atoms with Gasteiger partial charge in [-0.25, -0.2) is 14.3 Å². The van der Waals surface area contributed by atoms with Gasteiger partial charge in [0.2, 0.25) is 11.9 Å². The van der Waals surface area contributed by atoms with Crippen LogP contribution in [0.2, 0.25) is 0 Å². The average Bonchev–Trinajstić information content (AvgIpc) is 3.23. The van der Waals surface area contributed by atoms with E-state index >= 15 is 0 Å². The standard InChI is InChI=1S/C25H35N6O3/c1-4-34-20-10-8-19(9-11-20)30-16-18(2)17-31-21-22(26-24(30)31)27(3)25(33)29(23(21)32)15-14-28-12-6-5-7-13-28/h8-11,18,21H,4-7,12-17H2,1-3H3/q+1. The van der Waals surface area contributed by atoms with Gasteiger partial charge in [0.25, 0.3) is 5.91 Å². The smallest absolute Gasteiger partial charge is 0.397 e. The molecule has 0 spiro atoms. The van der Waals surface area contributed by atoms with Crippen molar-refractivity contribution >= 4 is 29.4 Å². The van der Waals surface area contributed by atoms with Gasteiger partial charge < -0.3 is 9.64 Å². The summed E-state index contributed by atoms with van der Waals surface area (Å²) in [7, 11) is 1.73. The number of urea groups is 1. The largest absolute Gasteiger partial charge is 0.494 e. The van der Waals surface area contributed by atoms with E-state index in [1.54, 1.807) is 11.9 Å². The van der Waals surface area contributed by atoms with E-state index in [2.05, 4.69) is 21.3 Å². The number of rotatable bonds is 6. The van der Waals surface area contributed by atoms with E-state index in [0.717, 1.165) is 50.1 Å². The number of carbonyl (C=O) groups is 2. The number of imide groups is 1. The number of benzene rings is 1. The van der Waals surface area contributed by atoms with Crippen LogP contribution in [0.15, 0.2) is 29.3 Å². The lowest BCUT2D eigenvalue weighted by molar-refractivity contribution is -0.545. The van der Waals surface area contributed by atoms with Crippen LogP contribution in [-0.2, 0) is 4.79 Å². The number of likely N-dealkylation sites (tertiary alicyclic amines) is 1. The van der Waals surface area contributed by atoms with Gasteiger partial charge in [-0.05, 0) is 57.1 Å². The number of ether oxygens (including phenoxy) is 1. The number of anilines is 1. The van der Waals surface area contributed by atoms with E-state index in [0.29, 0.717) is 24.9 Å². The molecule has 4 aliphatic heterocycles. The number of fused-ring (bicyclic) bond motifs is 2. The zero-order valence-electron chi connectivity index (χ0n) is 20.4. The second-order valence-electron chi connectivity index (χ2n) is 9.70. The first-order chi connectivity index (χ1) is 16.5. The molecular formula is C25H35N6O3+. The highest BCUT2D eigenvalue weighted by Gasteiger charge is 2.55. The fraction of sp³-hybridized carbons (Fsp3) is 0.600. The normalized spacial score (nSPS) is 25.5. The molecule has 3 amide bonds. The fourth-order valence-electron chi connectivity index (χ4n) is 5.44. The first kappa shape index (κ1) is 22.8. The summed E-state index contributed by atoms with van der Waals surface area (Å²) in [5, 5.41) is 0. The lowest BCUT2D eigenvalue weighted by atomic mass is 10.1. The molecule has 1 aromatic carbocycles. The minimum Gasteiger partial charge on any atom is -0.494 e. The zero-order valence-corrected chi connectivity index (χ0v) is 20.4. The molecule has 2 unspecified atom stereocenters. The van der Waals surface area contributed by atoms with Gasteiger partial charge in [-0.1, -0.05) is 18.3 Å². The summed E-state index contributed by atoms with van der Waals surface area (Å²) in [6.45, 7) is 9.55. The number of piperidine rings is 1. The van der Waals surface area contributed by atoms with Crippen LogP contribution in [0, 0.1) is 5.92 Å². The molecule has 2 atom stereocenters. The lowest BCUT2D eigenvalue weighted by Crippen LogP contribution is -2.64. The van der Waals surface area contributed by atoms with E-state index in [4.69, 9.17) is 9.73 Å². The second kappa shape index (κ2) is 9.37. The summed E-state index contributed by atoms with van der Waals surface area (Å²) in [6.07, 6.45) is 3.64. The molecule has 0 saturated carbocycles. The highest BCUT2D eigenvalue weighted by Crippen LogP contribution is 2.29. The number of likely N-dealkylation sites (N-methyl/N-ethyl adjacent to an activating group) is 1. The molecule has 0 radical (unpaired) electrons. The van der Waals surface area contributed by atoms with Crippen molar-refractivity contribution in [3.8, 4) is 5.75 Å². The van der Waals surface area contributed by atoms with Gasteiger partial charge in [-0.3, -0.25) is 14.6 Å². The van der Waals surface area contributed by atoms with Gasteiger partial charge in [-0.15, -0.1) is 0 Å². The van der Waals surface area contributed by atoms with Crippen molar-refractivity contribution in [2.75, 3.05) is 57.8 Å². The highest BCUT2D eigenvalue weighted by molar-refractivity contribution is 6.24. The van der Waals surface area contributed by atoms with Crippen molar-refractivity contribution < 1.29 is 18.9 Å². The number of amidine groups is 1. The molecule has 34 heavy (non-hydrogen) atoms. The Labute approximate surface area is 201 Å². The van der Waals surface area contributed by atoms with Gasteiger partial charge in [-0.2, -0.15) is 0 Å². The molecule has 4 heterocycles. The SMILES string of the molecule is CCOc1ccc(N2CC(C)C[N+]3=C2N=C2C3C(=O)N(CCN3CCCCC3)C(=O)N2C)cc1. The molecule has 2 fully saturated rings. The molecular weight excluding hydrogens is 432 g/mol. The summed E-state index contributed by atoms with van der Waals surface area (Å²) in [5.41, 5.74) is 1.00. The molecule has 9 heteroatoms. The molecule has 2 saturated heterocycles. The average molecular weight is 468 g/mol. The van der Waals surface area contributed by atoms with E-state index in [1.165, 1.54) is 24.2 Å². The number of guanidine groups is 1. The number of carbonyl (C=O) groups excluding carboxylic acids is 2. The van der Waals surface area contributed by atoms with E-state index in [1.807, 2.05) is 31.2 Å². The predicted molar refractivity (Wildman–Crippen MR) is 131 cm³/mol. The van der Waals surface area contributed by atoms with Gasteiger partial charge in [0.15, 0.2) is 0 Å². The topological polar surface area (TPSA) is 71.7 Å². The van der Waals surface area contributed by atoms with Crippen LogP contribution in [-0.4, -0.2) is 102 Å². The molecule has 0 bridgehead atoms. The van der Waals surface area contributed by atoms with Crippen molar-refractivity contribution in [3.63, 3.8) is 0 Å². The summed E-state index contributed by atoms with van der Waals surface area (Å²) in [4.78, 5) is 39.2. The first-order valence-electron chi connectivity index (χ1n) is 12.5. The fourth-order valence-corrected chi connectivity index (χ4v) is 5.44. The number of hydrogen-bond donors (Lipinski definition) is 0. The molecule has 4 aliphatic rings. The van der Waals surface area contributed by atoms with Crippen LogP contribution in [0.25, 0.3) is 0 Å². The summed E-state index contributed by atoms with van der Waals surface area (Å²) in [5.74, 6) is 2.28. The Kier molecular flexibility index (Phi) is 6.29. The van der Waals surface area contributed by atoms with Gasteiger partial charge in [0, 0.05) is 26.1 Å². The Balaban J connectivity index is 1.41. The van der Waals surface area contributed by atoms with Gasteiger partial charge >= 0.3 is 12.0 Å². The Morgan fingerprint density at radius 3 is 2.53 bits per heavy atom. The third-order valence-electron chi connectivity index (χ3n) is 7.18. The van der Waals surface area contributed by atoms with Crippen molar-refractivity contribution in [3.05, 3.63) is 24.3 Å². The number of aliphatic imine (C=N–C) groups is 1. The molecule has 0 N–H and O–H groups in total. The maximum atomic E-state index is 13.6. The maximum absolute atomic E-state index is 13.6. The van der Waals surface area contributed by atoms with Crippen LogP contribution in [0.3, 0.4) is 0 Å². The molecule has 0 aliphatic carbocycles. The second-order valence-corrected chi connectivity index (χ2v) is 9.70. The Bertz CT molecular complexity index is 1010. The van der Waals surface area contributed by atoms with Crippen LogP contribution in [0.1, 0.15) is 33.1 Å². The Morgan fingerprint density at radius 2 is 1.82 bits per heavy atom.